The number of nitrogens with one attached hydrogen (secondary N) is 2. The van der Waals surface area contributed by atoms with E-state index in [9.17, 15) is 14.4 Å². The topological polar surface area (TPSA) is 97.0 Å². The summed E-state index contributed by atoms with van der Waals surface area (Å²) in [7, 11) is 0. The van der Waals surface area contributed by atoms with Crippen molar-refractivity contribution < 1.29 is 23.9 Å². The summed E-state index contributed by atoms with van der Waals surface area (Å²) >= 11 is 5.85. The molecule has 0 saturated carbocycles. The zero-order valence-electron chi connectivity index (χ0n) is 20.1. The standard InChI is InChI=1S/C26H30ClN3O5/c1-4-6-15-30-17(3)23(25(32)34-5-2)24(29-26(30)33)18-7-11-20(12-8-18)28-22(31)16-35-21-13-9-19(27)10-14-21/h7-14,24H,4-6,15-16H2,1-3H3,(H,28,31)(H,29,33). The minimum Gasteiger partial charge on any atom is -0.484 e. The van der Waals surface area contributed by atoms with E-state index < -0.39 is 12.0 Å². The van der Waals surface area contributed by atoms with Crippen LogP contribution in [0, 0.1) is 0 Å². The molecule has 1 aliphatic heterocycles. The van der Waals surface area contributed by atoms with Crippen LogP contribution in [-0.2, 0) is 14.3 Å². The van der Waals surface area contributed by atoms with Crippen molar-refractivity contribution in [2.24, 2.45) is 0 Å². The molecular formula is C26H30ClN3O5. The zero-order chi connectivity index (χ0) is 25.4. The predicted octanol–water partition coefficient (Wildman–Crippen LogP) is 5.06. The molecule has 2 N–H and O–H groups in total. The number of esters is 1. The highest BCUT2D eigenvalue weighted by atomic mass is 35.5. The Bertz CT molecular complexity index is 1080. The summed E-state index contributed by atoms with van der Waals surface area (Å²) in [5.41, 5.74) is 2.24. The van der Waals surface area contributed by atoms with Crippen LogP contribution in [0.15, 0.2) is 59.8 Å². The third-order valence-corrected chi connectivity index (χ3v) is 5.79. The SMILES string of the molecule is CCCCN1C(=O)NC(c2ccc(NC(=O)COc3ccc(Cl)cc3)cc2)C(C(=O)OCC)=C1C. The first-order chi connectivity index (χ1) is 16.8. The van der Waals surface area contributed by atoms with Crippen LogP contribution >= 0.6 is 11.6 Å². The number of hydrogen-bond acceptors (Lipinski definition) is 5. The number of allylic oxidation sites excluding steroid dienone is 1. The monoisotopic (exact) mass is 499 g/mol. The van der Waals surface area contributed by atoms with E-state index in [-0.39, 0.29) is 25.2 Å². The van der Waals surface area contributed by atoms with Crippen LogP contribution in [-0.4, -0.2) is 42.6 Å². The fourth-order valence-corrected chi connectivity index (χ4v) is 3.85. The molecular weight excluding hydrogens is 470 g/mol. The summed E-state index contributed by atoms with van der Waals surface area (Å²) < 4.78 is 10.7. The molecule has 0 radical (unpaired) electrons. The minimum absolute atomic E-state index is 0.162. The zero-order valence-corrected chi connectivity index (χ0v) is 20.9. The van der Waals surface area contributed by atoms with Crippen LogP contribution in [0.5, 0.6) is 5.75 Å². The molecule has 1 heterocycles. The van der Waals surface area contributed by atoms with Gasteiger partial charge in [0.15, 0.2) is 6.61 Å². The van der Waals surface area contributed by atoms with Crippen molar-refractivity contribution in [3.8, 4) is 5.75 Å². The molecule has 186 valence electrons. The maximum atomic E-state index is 12.8. The summed E-state index contributed by atoms with van der Waals surface area (Å²) in [6.45, 7) is 6.14. The number of unbranched alkanes of at least 4 members (excludes halogenated alkanes) is 1. The fourth-order valence-electron chi connectivity index (χ4n) is 3.73. The fraction of sp³-hybridized carbons (Fsp3) is 0.346. The van der Waals surface area contributed by atoms with E-state index in [0.29, 0.717) is 39.8 Å². The van der Waals surface area contributed by atoms with Crippen molar-refractivity contribution >= 4 is 35.2 Å². The lowest BCUT2D eigenvalue weighted by molar-refractivity contribution is -0.139. The molecule has 0 bridgehead atoms. The van der Waals surface area contributed by atoms with Crippen LogP contribution in [0.3, 0.4) is 0 Å². The van der Waals surface area contributed by atoms with Crippen LogP contribution < -0.4 is 15.4 Å². The Balaban J connectivity index is 1.72. The first-order valence-electron chi connectivity index (χ1n) is 11.6. The molecule has 35 heavy (non-hydrogen) atoms. The summed E-state index contributed by atoms with van der Waals surface area (Å²) in [6.07, 6.45) is 1.74. The molecule has 1 atom stereocenters. The van der Waals surface area contributed by atoms with Gasteiger partial charge in [-0.15, -0.1) is 0 Å². The number of carbonyl (C=O) groups excluding carboxylic acids is 3. The number of amides is 3. The third-order valence-electron chi connectivity index (χ3n) is 5.54. The van der Waals surface area contributed by atoms with Gasteiger partial charge in [0.1, 0.15) is 5.75 Å². The normalized spacial score (nSPS) is 15.5. The van der Waals surface area contributed by atoms with Crippen molar-refractivity contribution in [1.82, 2.24) is 10.2 Å². The Kier molecular flexibility index (Phi) is 9.14. The van der Waals surface area contributed by atoms with Crippen LogP contribution in [0.25, 0.3) is 0 Å². The highest BCUT2D eigenvalue weighted by molar-refractivity contribution is 6.30. The van der Waals surface area contributed by atoms with Crippen molar-refractivity contribution in [1.29, 1.82) is 0 Å². The number of carbonyl (C=O) groups is 3. The van der Waals surface area contributed by atoms with Gasteiger partial charge in [0.05, 0.1) is 18.2 Å². The van der Waals surface area contributed by atoms with Crippen LogP contribution in [0.2, 0.25) is 5.02 Å². The summed E-state index contributed by atoms with van der Waals surface area (Å²) in [5, 5.41) is 6.28. The third kappa shape index (κ3) is 6.76. The van der Waals surface area contributed by atoms with Gasteiger partial charge in [-0.05, 0) is 62.2 Å². The van der Waals surface area contributed by atoms with Gasteiger partial charge in [-0.1, -0.05) is 37.1 Å². The number of halogens is 1. The second-order valence-corrected chi connectivity index (χ2v) is 8.46. The molecule has 1 aliphatic rings. The van der Waals surface area contributed by atoms with Gasteiger partial charge < -0.3 is 20.1 Å². The highest BCUT2D eigenvalue weighted by Gasteiger charge is 2.36. The second kappa shape index (κ2) is 12.3. The first kappa shape index (κ1) is 26.1. The molecule has 0 fully saturated rings. The number of benzene rings is 2. The predicted molar refractivity (Wildman–Crippen MR) is 134 cm³/mol. The number of hydrogen-bond donors (Lipinski definition) is 2. The Labute approximate surface area is 210 Å². The van der Waals surface area contributed by atoms with Gasteiger partial charge in [0.25, 0.3) is 5.91 Å². The maximum Gasteiger partial charge on any atom is 0.338 e. The lowest BCUT2D eigenvalue weighted by Crippen LogP contribution is -2.48. The number of urea groups is 1. The van der Waals surface area contributed by atoms with Gasteiger partial charge in [-0.25, -0.2) is 9.59 Å². The van der Waals surface area contributed by atoms with Gasteiger partial charge in [-0.2, -0.15) is 0 Å². The lowest BCUT2D eigenvalue weighted by Gasteiger charge is -2.35. The Morgan fingerprint density at radius 1 is 1.09 bits per heavy atom. The highest BCUT2D eigenvalue weighted by Crippen LogP contribution is 2.32. The van der Waals surface area contributed by atoms with Gasteiger partial charge in [0.2, 0.25) is 0 Å². The Hall–Kier alpha value is -3.52. The van der Waals surface area contributed by atoms with E-state index in [2.05, 4.69) is 10.6 Å². The molecule has 0 aliphatic carbocycles. The maximum absolute atomic E-state index is 12.8. The van der Waals surface area contributed by atoms with E-state index in [0.717, 1.165) is 12.8 Å². The number of nitrogens with zero attached hydrogens (tertiary/aromatic N) is 1. The largest absolute Gasteiger partial charge is 0.484 e. The molecule has 0 saturated heterocycles. The van der Waals surface area contributed by atoms with Gasteiger partial charge >= 0.3 is 12.0 Å². The average molecular weight is 500 g/mol. The van der Waals surface area contributed by atoms with Crippen molar-refractivity contribution in [3.63, 3.8) is 0 Å². The van der Waals surface area contributed by atoms with E-state index in [1.54, 1.807) is 67.3 Å². The average Bonchev–Trinajstić information content (AvgIpc) is 2.84. The summed E-state index contributed by atoms with van der Waals surface area (Å²) in [5.74, 6) is -0.254. The molecule has 8 nitrogen and oxygen atoms in total. The van der Waals surface area contributed by atoms with Crippen molar-refractivity contribution in [3.05, 3.63) is 70.4 Å². The van der Waals surface area contributed by atoms with E-state index in [1.165, 1.54) is 0 Å². The Morgan fingerprint density at radius 2 is 1.77 bits per heavy atom. The van der Waals surface area contributed by atoms with Crippen molar-refractivity contribution in [2.75, 3.05) is 25.1 Å². The number of rotatable bonds is 10. The molecule has 3 rings (SSSR count). The summed E-state index contributed by atoms with van der Waals surface area (Å²) in [4.78, 5) is 39.4. The number of ether oxygens (including phenoxy) is 2. The smallest absolute Gasteiger partial charge is 0.338 e. The first-order valence-corrected chi connectivity index (χ1v) is 12.0. The van der Waals surface area contributed by atoms with Crippen molar-refractivity contribution in [2.45, 2.75) is 39.7 Å². The number of anilines is 1. The van der Waals surface area contributed by atoms with Crippen LogP contribution in [0.1, 0.15) is 45.2 Å². The molecule has 1 unspecified atom stereocenters. The molecule has 0 aromatic heterocycles. The van der Waals surface area contributed by atoms with Gasteiger partial charge in [0, 0.05) is 23.0 Å². The van der Waals surface area contributed by atoms with E-state index in [1.807, 2.05) is 6.92 Å². The quantitative estimate of drug-likeness (QED) is 0.445. The molecule has 2 aromatic rings. The lowest BCUT2D eigenvalue weighted by atomic mass is 9.94. The Morgan fingerprint density at radius 3 is 2.40 bits per heavy atom. The van der Waals surface area contributed by atoms with E-state index >= 15 is 0 Å². The second-order valence-electron chi connectivity index (χ2n) is 8.02. The molecule has 0 spiro atoms. The van der Waals surface area contributed by atoms with E-state index in [4.69, 9.17) is 21.1 Å². The van der Waals surface area contributed by atoms with Gasteiger partial charge in [-0.3, -0.25) is 9.69 Å². The molecule has 9 heteroatoms. The molecule has 3 amide bonds. The van der Waals surface area contributed by atoms with Crippen LogP contribution in [0.4, 0.5) is 10.5 Å². The summed E-state index contributed by atoms with van der Waals surface area (Å²) in [6, 6.07) is 12.8. The minimum atomic E-state index is -0.655. The molecule has 2 aromatic carbocycles.